The molecule has 1 fully saturated rings. The third-order valence-electron chi connectivity index (χ3n) is 3.17. The number of hydrogen-bond acceptors (Lipinski definition) is 1. The van der Waals surface area contributed by atoms with Gasteiger partial charge < -0.3 is 0 Å². The first-order chi connectivity index (χ1) is 7.48. The van der Waals surface area contributed by atoms with Crippen molar-refractivity contribution in [2.45, 2.75) is 44.7 Å². The van der Waals surface area contributed by atoms with Gasteiger partial charge in [0.15, 0.2) is 0 Å². The van der Waals surface area contributed by atoms with Gasteiger partial charge in [0, 0.05) is 11.9 Å². The molecule has 0 amide bonds. The van der Waals surface area contributed by atoms with Gasteiger partial charge in [0.05, 0.1) is 5.56 Å². The van der Waals surface area contributed by atoms with Gasteiger partial charge in [-0.05, 0) is 37.3 Å². The van der Waals surface area contributed by atoms with E-state index in [2.05, 4.69) is 4.98 Å². The molecular weight excluding hydrogens is 215 g/mol. The molecule has 0 aliphatic heterocycles. The molecule has 2 rings (SSSR count). The number of aromatic nitrogens is 1. The molecule has 0 bridgehead atoms. The number of aryl methyl sites for hydroxylation is 1. The summed E-state index contributed by atoms with van der Waals surface area (Å²) in [5.41, 5.74) is 0.316. The average molecular weight is 229 g/mol. The molecule has 1 aliphatic rings. The van der Waals surface area contributed by atoms with Gasteiger partial charge in [-0.25, -0.2) is 0 Å². The second-order valence-corrected chi connectivity index (χ2v) is 4.39. The Labute approximate surface area is 92.7 Å². The summed E-state index contributed by atoms with van der Waals surface area (Å²) in [6.45, 7) is 1.59. The van der Waals surface area contributed by atoms with Gasteiger partial charge in [0.1, 0.15) is 0 Å². The zero-order chi connectivity index (χ0) is 11.8. The summed E-state index contributed by atoms with van der Waals surface area (Å²) in [5, 5.41) is 0. The molecule has 1 saturated carbocycles. The number of pyridine rings is 1. The van der Waals surface area contributed by atoms with Gasteiger partial charge in [0.2, 0.25) is 0 Å². The predicted molar refractivity (Wildman–Crippen MR) is 55.2 cm³/mol. The highest BCUT2D eigenvalue weighted by Gasteiger charge is 2.36. The lowest BCUT2D eigenvalue weighted by atomic mass is 9.94. The molecule has 1 heterocycles. The summed E-state index contributed by atoms with van der Waals surface area (Å²) in [7, 11) is 0. The number of alkyl halides is 3. The fraction of sp³-hybridized carbons (Fsp3) is 0.583. The molecule has 1 aliphatic carbocycles. The third kappa shape index (κ3) is 2.20. The maximum absolute atomic E-state index is 12.9. The summed E-state index contributed by atoms with van der Waals surface area (Å²) in [6.07, 6.45) is 0.910. The summed E-state index contributed by atoms with van der Waals surface area (Å²) in [4.78, 5) is 4.00. The largest absolute Gasteiger partial charge is 0.416 e. The monoisotopic (exact) mass is 229 g/mol. The van der Waals surface area contributed by atoms with E-state index >= 15 is 0 Å². The lowest BCUT2D eigenvalue weighted by Crippen LogP contribution is -2.12. The summed E-state index contributed by atoms with van der Waals surface area (Å²) >= 11 is 0. The maximum Gasteiger partial charge on any atom is 0.416 e. The molecule has 0 aromatic carbocycles. The van der Waals surface area contributed by atoms with Crippen LogP contribution in [0.15, 0.2) is 12.3 Å². The van der Waals surface area contributed by atoms with Crippen LogP contribution >= 0.6 is 0 Å². The zero-order valence-corrected chi connectivity index (χ0v) is 9.14. The second-order valence-electron chi connectivity index (χ2n) is 4.39. The molecule has 88 valence electrons. The van der Waals surface area contributed by atoms with Gasteiger partial charge in [-0.2, -0.15) is 13.2 Å². The lowest BCUT2D eigenvalue weighted by Gasteiger charge is -2.17. The van der Waals surface area contributed by atoms with E-state index in [1.165, 1.54) is 6.20 Å². The van der Waals surface area contributed by atoms with E-state index in [0.29, 0.717) is 11.3 Å². The van der Waals surface area contributed by atoms with Gasteiger partial charge in [-0.1, -0.05) is 12.8 Å². The minimum Gasteiger partial charge on any atom is -0.261 e. The van der Waals surface area contributed by atoms with E-state index in [-0.39, 0.29) is 5.92 Å². The third-order valence-corrected chi connectivity index (χ3v) is 3.17. The van der Waals surface area contributed by atoms with Crippen molar-refractivity contribution >= 4 is 0 Å². The first kappa shape index (κ1) is 11.4. The second kappa shape index (κ2) is 4.07. The van der Waals surface area contributed by atoms with Crippen molar-refractivity contribution in [2.75, 3.05) is 0 Å². The molecule has 0 atom stereocenters. The van der Waals surface area contributed by atoms with E-state index in [0.717, 1.165) is 31.7 Å². The van der Waals surface area contributed by atoms with Crippen molar-refractivity contribution in [3.8, 4) is 0 Å². The Morgan fingerprint density at radius 2 is 1.88 bits per heavy atom. The quantitative estimate of drug-likeness (QED) is 0.707. The van der Waals surface area contributed by atoms with Crippen LogP contribution in [0.2, 0.25) is 0 Å². The fourth-order valence-electron chi connectivity index (χ4n) is 2.38. The summed E-state index contributed by atoms with van der Waals surface area (Å²) in [6, 6.07) is 1.16. The Morgan fingerprint density at radius 1 is 1.25 bits per heavy atom. The van der Waals surface area contributed by atoms with Crippen molar-refractivity contribution in [1.29, 1.82) is 0 Å². The highest BCUT2D eigenvalue weighted by Crippen LogP contribution is 2.41. The van der Waals surface area contributed by atoms with E-state index < -0.39 is 11.7 Å². The first-order valence-electron chi connectivity index (χ1n) is 5.52. The number of hydrogen-bond donors (Lipinski definition) is 0. The van der Waals surface area contributed by atoms with Crippen molar-refractivity contribution in [2.24, 2.45) is 0 Å². The van der Waals surface area contributed by atoms with Crippen molar-refractivity contribution in [3.05, 3.63) is 29.1 Å². The lowest BCUT2D eigenvalue weighted by molar-refractivity contribution is -0.138. The van der Waals surface area contributed by atoms with Crippen molar-refractivity contribution in [3.63, 3.8) is 0 Å². The molecule has 0 radical (unpaired) electrons. The highest BCUT2D eigenvalue weighted by atomic mass is 19.4. The number of nitrogens with zero attached hydrogens (tertiary/aromatic N) is 1. The fourth-order valence-corrected chi connectivity index (χ4v) is 2.38. The van der Waals surface area contributed by atoms with E-state index in [4.69, 9.17) is 0 Å². The van der Waals surface area contributed by atoms with E-state index in [9.17, 15) is 13.2 Å². The molecule has 1 nitrogen and oxygen atoms in total. The van der Waals surface area contributed by atoms with Crippen LogP contribution in [0.3, 0.4) is 0 Å². The van der Waals surface area contributed by atoms with E-state index in [1.807, 2.05) is 0 Å². The Balaban J connectivity index is 2.43. The van der Waals surface area contributed by atoms with Crippen LogP contribution in [0.25, 0.3) is 0 Å². The topological polar surface area (TPSA) is 12.9 Å². The van der Waals surface area contributed by atoms with Gasteiger partial charge >= 0.3 is 6.18 Å². The molecule has 0 N–H and O–H groups in total. The van der Waals surface area contributed by atoms with Crippen molar-refractivity contribution in [1.82, 2.24) is 4.98 Å². The molecular formula is C12H14F3N. The molecule has 0 unspecified atom stereocenters. The Hall–Kier alpha value is -1.06. The number of rotatable bonds is 1. The van der Waals surface area contributed by atoms with Gasteiger partial charge in [0.25, 0.3) is 0 Å². The van der Waals surface area contributed by atoms with Crippen LogP contribution < -0.4 is 0 Å². The van der Waals surface area contributed by atoms with Gasteiger partial charge in [-0.3, -0.25) is 4.98 Å². The Kier molecular flexibility index (Phi) is 2.91. The molecule has 1 aromatic heterocycles. The standard InChI is InChI=1S/C12H14F3N/c1-8-6-11(12(13,14)15)10(7-16-8)9-4-2-3-5-9/h6-7,9H,2-5H2,1H3. The minimum atomic E-state index is -4.26. The van der Waals surface area contributed by atoms with Crippen molar-refractivity contribution < 1.29 is 13.2 Å². The maximum atomic E-state index is 12.9. The molecule has 1 aromatic rings. The predicted octanol–water partition coefficient (Wildman–Crippen LogP) is 4.07. The molecule has 16 heavy (non-hydrogen) atoms. The highest BCUT2D eigenvalue weighted by molar-refractivity contribution is 5.32. The van der Waals surface area contributed by atoms with Crippen LogP contribution in [0.1, 0.15) is 48.4 Å². The average Bonchev–Trinajstić information content (AvgIpc) is 2.69. The Bertz CT molecular complexity index is 378. The van der Waals surface area contributed by atoms with Crippen LogP contribution in [0, 0.1) is 6.92 Å². The normalized spacial score (nSPS) is 18.0. The molecule has 0 spiro atoms. The van der Waals surface area contributed by atoms with E-state index in [1.54, 1.807) is 6.92 Å². The summed E-state index contributed by atoms with van der Waals surface area (Å²) < 4.78 is 38.6. The summed E-state index contributed by atoms with van der Waals surface area (Å²) in [5.74, 6) is 0.0460. The van der Waals surface area contributed by atoms with Crippen LogP contribution in [0.5, 0.6) is 0 Å². The minimum absolute atomic E-state index is 0.0460. The SMILES string of the molecule is Cc1cc(C(F)(F)F)c(C2CCCC2)cn1. The molecule has 0 saturated heterocycles. The molecule has 4 heteroatoms. The van der Waals surface area contributed by atoms with Crippen LogP contribution in [-0.4, -0.2) is 4.98 Å². The van der Waals surface area contributed by atoms with Gasteiger partial charge in [-0.15, -0.1) is 0 Å². The Morgan fingerprint density at radius 3 is 2.44 bits per heavy atom. The first-order valence-corrected chi connectivity index (χ1v) is 5.52. The zero-order valence-electron chi connectivity index (χ0n) is 9.14. The smallest absolute Gasteiger partial charge is 0.261 e. The van der Waals surface area contributed by atoms with Crippen LogP contribution in [-0.2, 0) is 6.18 Å². The number of halogens is 3. The van der Waals surface area contributed by atoms with Crippen LogP contribution in [0.4, 0.5) is 13.2 Å².